The molecule has 4 aromatic rings. The summed E-state index contributed by atoms with van der Waals surface area (Å²) in [6.45, 7) is 5.40. The molecule has 0 saturated heterocycles. The second-order valence-corrected chi connectivity index (χ2v) is 9.30. The van der Waals surface area contributed by atoms with Crippen molar-refractivity contribution < 1.29 is 14.3 Å². The Hall–Kier alpha value is -4.37. The van der Waals surface area contributed by atoms with E-state index < -0.39 is 0 Å². The first-order chi connectivity index (χ1) is 18.3. The van der Waals surface area contributed by atoms with Crippen LogP contribution in [0.4, 0.5) is 11.4 Å². The number of aryl methyl sites for hydroxylation is 1. The molecule has 1 amide bonds. The van der Waals surface area contributed by atoms with Gasteiger partial charge in [0.05, 0.1) is 29.5 Å². The van der Waals surface area contributed by atoms with Crippen LogP contribution in [0.5, 0.6) is 11.6 Å². The van der Waals surface area contributed by atoms with Crippen LogP contribution in [-0.4, -0.2) is 66.7 Å². The van der Waals surface area contributed by atoms with Crippen LogP contribution in [0.2, 0.25) is 0 Å². The summed E-state index contributed by atoms with van der Waals surface area (Å²) in [6, 6.07) is 11.6. The summed E-state index contributed by atoms with van der Waals surface area (Å²) in [7, 11) is 9.65. The maximum atomic E-state index is 12.2. The summed E-state index contributed by atoms with van der Waals surface area (Å²) in [5.41, 5.74) is 6.21. The lowest BCUT2D eigenvalue weighted by atomic mass is 10.1. The van der Waals surface area contributed by atoms with Gasteiger partial charge in [-0.15, -0.1) is 0 Å². The number of methoxy groups -OCH3 is 1. The minimum Gasteiger partial charge on any atom is -0.496 e. The van der Waals surface area contributed by atoms with Gasteiger partial charge in [0.2, 0.25) is 11.8 Å². The lowest BCUT2D eigenvalue weighted by molar-refractivity contribution is -0.111. The fourth-order valence-electron chi connectivity index (χ4n) is 4.22. The van der Waals surface area contributed by atoms with Crippen LogP contribution < -0.4 is 19.7 Å². The number of aromatic nitrogens is 3. The normalized spacial score (nSPS) is 11.0. The highest BCUT2D eigenvalue weighted by Crippen LogP contribution is 2.35. The number of fused-ring (bicyclic) bond motifs is 1. The van der Waals surface area contributed by atoms with Gasteiger partial charge in [0.25, 0.3) is 0 Å². The van der Waals surface area contributed by atoms with Crippen molar-refractivity contribution in [3.05, 3.63) is 73.2 Å². The van der Waals surface area contributed by atoms with E-state index in [2.05, 4.69) is 42.4 Å². The van der Waals surface area contributed by atoms with E-state index in [0.717, 1.165) is 46.5 Å². The lowest BCUT2D eigenvalue weighted by Gasteiger charge is -2.25. The van der Waals surface area contributed by atoms with Gasteiger partial charge in [-0.25, -0.2) is 4.98 Å². The standard InChI is InChI=1S/C29H34N6O3/c1-7-27(36)32-23-15-21(26(37-6)17-25(23)34(4)14-13-33(2)3)19-38-28-16-20(10-12-30-28)22-18-35(5)24-9-8-11-31-29(22)24/h7-12,15-18H,1,13-14,19H2,2-6H3,(H,32,36). The van der Waals surface area contributed by atoms with Gasteiger partial charge in [-0.05, 0) is 50.0 Å². The number of hydrogen-bond acceptors (Lipinski definition) is 7. The third-order valence-electron chi connectivity index (χ3n) is 6.30. The number of amides is 1. The molecule has 9 heteroatoms. The average molecular weight is 515 g/mol. The Morgan fingerprint density at radius 1 is 1.13 bits per heavy atom. The zero-order chi connectivity index (χ0) is 27.2. The van der Waals surface area contributed by atoms with E-state index in [0.29, 0.717) is 17.3 Å². The number of likely N-dealkylation sites (N-methyl/N-ethyl adjacent to an activating group) is 2. The number of benzene rings is 1. The zero-order valence-corrected chi connectivity index (χ0v) is 22.6. The zero-order valence-electron chi connectivity index (χ0n) is 22.6. The van der Waals surface area contributed by atoms with Crippen LogP contribution in [0.15, 0.2) is 67.6 Å². The van der Waals surface area contributed by atoms with Crippen molar-refractivity contribution in [2.45, 2.75) is 6.61 Å². The molecule has 9 nitrogen and oxygen atoms in total. The van der Waals surface area contributed by atoms with Gasteiger partial charge in [-0.1, -0.05) is 6.58 Å². The molecule has 0 aliphatic heterocycles. The summed E-state index contributed by atoms with van der Waals surface area (Å²) in [4.78, 5) is 25.4. The van der Waals surface area contributed by atoms with Crippen molar-refractivity contribution in [3.63, 3.8) is 0 Å². The van der Waals surface area contributed by atoms with Gasteiger partial charge in [0.1, 0.15) is 12.4 Å². The molecule has 0 aliphatic rings. The molecule has 3 aromatic heterocycles. The van der Waals surface area contributed by atoms with Crippen LogP contribution in [0.1, 0.15) is 5.56 Å². The molecule has 0 unspecified atom stereocenters. The Labute approximate surface area is 223 Å². The van der Waals surface area contributed by atoms with Gasteiger partial charge >= 0.3 is 0 Å². The van der Waals surface area contributed by atoms with E-state index in [1.165, 1.54) is 6.08 Å². The van der Waals surface area contributed by atoms with Crippen LogP contribution in [0, 0.1) is 0 Å². The van der Waals surface area contributed by atoms with E-state index in [1.807, 2.05) is 64.6 Å². The van der Waals surface area contributed by atoms with E-state index >= 15 is 0 Å². The third kappa shape index (κ3) is 5.95. The second-order valence-electron chi connectivity index (χ2n) is 9.30. The predicted octanol–water partition coefficient (Wildman–Crippen LogP) is 4.35. The molecule has 0 aliphatic carbocycles. The number of carbonyl (C=O) groups is 1. The summed E-state index contributed by atoms with van der Waals surface area (Å²) in [6.07, 6.45) is 6.82. The molecule has 198 valence electrons. The Bertz CT molecular complexity index is 1450. The maximum Gasteiger partial charge on any atom is 0.247 e. The molecule has 0 saturated carbocycles. The molecule has 0 spiro atoms. The number of ether oxygens (including phenoxy) is 2. The van der Waals surface area contributed by atoms with Gasteiger partial charge in [0.15, 0.2) is 0 Å². The van der Waals surface area contributed by atoms with Crippen molar-refractivity contribution in [2.75, 3.05) is 51.6 Å². The van der Waals surface area contributed by atoms with Crippen molar-refractivity contribution in [2.24, 2.45) is 7.05 Å². The predicted molar refractivity (Wildman–Crippen MR) is 152 cm³/mol. The van der Waals surface area contributed by atoms with Crippen LogP contribution in [-0.2, 0) is 18.4 Å². The monoisotopic (exact) mass is 514 g/mol. The largest absolute Gasteiger partial charge is 0.496 e. The molecule has 38 heavy (non-hydrogen) atoms. The first-order valence-electron chi connectivity index (χ1n) is 12.3. The van der Waals surface area contributed by atoms with Crippen LogP contribution in [0.3, 0.4) is 0 Å². The Morgan fingerprint density at radius 2 is 1.95 bits per heavy atom. The molecule has 4 rings (SSSR count). The topological polar surface area (TPSA) is 84.7 Å². The number of carbonyl (C=O) groups excluding carboxylic acids is 1. The highest BCUT2D eigenvalue weighted by molar-refractivity contribution is 6.01. The molecule has 3 heterocycles. The first-order valence-corrected chi connectivity index (χ1v) is 12.3. The minimum atomic E-state index is -0.289. The molecule has 0 fully saturated rings. The van der Waals surface area contributed by atoms with E-state index in [9.17, 15) is 4.79 Å². The molecule has 1 aromatic carbocycles. The number of nitrogens with one attached hydrogen (secondary N) is 1. The fraction of sp³-hybridized carbons (Fsp3) is 0.276. The Kier molecular flexibility index (Phi) is 8.28. The summed E-state index contributed by atoms with van der Waals surface area (Å²) in [5.74, 6) is 0.839. The Morgan fingerprint density at radius 3 is 2.68 bits per heavy atom. The van der Waals surface area contributed by atoms with E-state index in [4.69, 9.17) is 9.47 Å². The van der Waals surface area contributed by atoms with Gasteiger partial charge in [-0.2, -0.15) is 0 Å². The summed E-state index contributed by atoms with van der Waals surface area (Å²) < 4.78 is 13.9. The van der Waals surface area contributed by atoms with E-state index in [-0.39, 0.29) is 12.5 Å². The molecule has 1 N–H and O–H groups in total. The number of rotatable bonds is 11. The SMILES string of the molecule is C=CC(=O)Nc1cc(COc2cc(-c3cn(C)c4cccnc34)ccn2)c(OC)cc1N(C)CCN(C)C. The molecular formula is C29H34N6O3. The van der Waals surface area contributed by atoms with Gasteiger partial charge in [0, 0.05) is 69.0 Å². The van der Waals surface area contributed by atoms with Crippen molar-refractivity contribution in [3.8, 4) is 22.8 Å². The van der Waals surface area contributed by atoms with Gasteiger partial charge in [-0.3, -0.25) is 9.78 Å². The lowest BCUT2D eigenvalue weighted by Crippen LogP contribution is -2.29. The highest BCUT2D eigenvalue weighted by Gasteiger charge is 2.17. The molecule has 0 bridgehead atoms. The smallest absolute Gasteiger partial charge is 0.247 e. The number of pyridine rings is 2. The molecule has 0 radical (unpaired) electrons. The fourth-order valence-corrected chi connectivity index (χ4v) is 4.22. The second kappa shape index (κ2) is 11.8. The van der Waals surface area contributed by atoms with Crippen molar-refractivity contribution in [1.82, 2.24) is 19.4 Å². The average Bonchev–Trinajstić information content (AvgIpc) is 3.27. The number of nitrogens with zero attached hydrogens (tertiary/aromatic N) is 5. The highest BCUT2D eigenvalue weighted by atomic mass is 16.5. The first kappa shape index (κ1) is 26.7. The van der Waals surface area contributed by atoms with E-state index in [1.54, 1.807) is 19.5 Å². The van der Waals surface area contributed by atoms with Gasteiger partial charge < -0.3 is 29.2 Å². The van der Waals surface area contributed by atoms with Crippen LogP contribution >= 0.6 is 0 Å². The van der Waals surface area contributed by atoms with Crippen LogP contribution in [0.25, 0.3) is 22.2 Å². The molecular weight excluding hydrogens is 480 g/mol. The number of hydrogen-bond donors (Lipinski definition) is 1. The maximum absolute atomic E-state index is 12.2. The quantitative estimate of drug-likeness (QED) is 0.298. The Balaban J connectivity index is 1.61. The third-order valence-corrected chi connectivity index (χ3v) is 6.30. The van der Waals surface area contributed by atoms with Crippen molar-refractivity contribution >= 4 is 28.3 Å². The number of anilines is 2. The van der Waals surface area contributed by atoms with Crippen molar-refractivity contribution in [1.29, 1.82) is 0 Å². The minimum absolute atomic E-state index is 0.200. The molecule has 0 atom stereocenters. The summed E-state index contributed by atoms with van der Waals surface area (Å²) >= 11 is 0. The summed E-state index contributed by atoms with van der Waals surface area (Å²) in [5, 5.41) is 2.92.